The first-order valence-corrected chi connectivity index (χ1v) is 7.50. The van der Waals surface area contributed by atoms with Gasteiger partial charge in [0.2, 0.25) is 0 Å². The third-order valence-corrected chi connectivity index (χ3v) is 4.40. The van der Waals surface area contributed by atoms with Crippen LogP contribution in [0.25, 0.3) is 0 Å². The van der Waals surface area contributed by atoms with E-state index in [-0.39, 0.29) is 0 Å². The highest BCUT2D eigenvalue weighted by Gasteiger charge is 2.27. The van der Waals surface area contributed by atoms with Crippen molar-refractivity contribution in [3.63, 3.8) is 0 Å². The molecule has 0 saturated heterocycles. The van der Waals surface area contributed by atoms with Gasteiger partial charge in [-0.2, -0.15) is 0 Å². The second-order valence-corrected chi connectivity index (χ2v) is 6.04. The molecule has 3 rings (SSSR count). The summed E-state index contributed by atoms with van der Waals surface area (Å²) in [6, 6.07) is 14.7. The van der Waals surface area contributed by atoms with E-state index in [4.69, 9.17) is 4.74 Å². The fourth-order valence-electron chi connectivity index (χ4n) is 2.26. The van der Waals surface area contributed by atoms with Gasteiger partial charge >= 0.3 is 0 Å². The van der Waals surface area contributed by atoms with E-state index < -0.39 is 0 Å². The van der Waals surface area contributed by atoms with E-state index in [1.165, 1.54) is 29.5 Å². The minimum Gasteiger partial charge on any atom is -0.489 e. The molecule has 0 amide bonds. The minimum atomic E-state index is 0.635. The first kappa shape index (κ1) is 12.7. The summed E-state index contributed by atoms with van der Waals surface area (Å²) >= 11 is 3.60. The van der Waals surface area contributed by atoms with Gasteiger partial charge in [-0.05, 0) is 48.4 Å². The van der Waals surface area contributed by atoms with Crippen LogP contribution in [0.4, 0.5) is 0 Å². The van der Waals surface area contributed by atoms with Gasteiger partial charge in [0.25, 0.3) is 0 Å². The van der Waals surface area contributed by atoms with Crippen LogP contribution >= 0.6 is 15.9 Å². The molecule has 1 saturated carbocycles. The average molecular weight is 317 g/mol. The van der Waals surface area contributed by atoms with E-state index in [1.54, 1.807) is 0 Å². The highest BCUT2D eigenvalue weighted by Crippen LogP contribution is 2.45. The summed E-state index contributed by atoms with van der Waals surface area (Å²) in [6.45, 7) is 2.77. The second kappa shape index (κ2) is 5.38. The molecule has 0 unspecified atom stereocenters. The zero-order valence-corrected chi connectivity index (χ0v) is 12.6. The van der Waals surface area contributed by atoms with Crippen LogP contribution < -0.4 is 4.74 Å². The first-order valence-electron chi connectivity index (χ1n) is 6.71. The number of halogens is 1. The van der Waals surface area contributed by atoms with Crippen LogP contribution in [-0.4, -0.2) is 0 Å². The number of hydrogen-bond acceptors (Lipinski definition) is 1. The highest BCUT2D eigenvalue weighted by atomic mass is 79.9. The molecule has 1 fully saturated rings. The smallest absolute Gasteiger partial charge is 0.124 e. The standard InChI is InChI=1S/C17H17BrO/c1-12-9-15(14-7-8-14)17(10-16(12)18)19-11-13-5-3-2-4-6-13/h2-6,9-10,14H,7-8,11H2,1H3. The van der Waals surface area contributed by atoms with E-state index >= 15 is 0 Å². The van der Waals surface area contributed by atoms with Gasteiger partial charge < -0.3 is 4.74 Å². The molecule has 2 aromatic rings. The molecule has 98 valence electrons. The average Bonchev–Trinajstić information content (AvgIpc) is 3.25. The van der Waals surface area contributed by atoms with Crippen molar-refractivity contribution < 1.29 is 4.74 Å². The Morgan fingerprint density at radius 3 is 2.58 bits per heavy atom. The van der Waals surface area contributed by atoms with E-state index in [1.807, 2.05) is 18.2 Å². The van der Waals surface area contributed by atoms with Crippen LogP contribution in [0.5, 0.6) is 5.75 Å². The normalized spacial score (nSPS) is 14.4. The summed E-state index contributed by atoms with van der Waals surface area (Å²) in [5.41, 5.74) is 3.87. The van der Waals surface area contributed by atoms with Crippen LogP contribution in [-0.2, 0) is 6.61 Å². The Balaban J connectivity index is 1.81. The SMILES string of the molecule is Cc1cc(C2CC2)c(OCc2ccccc2)cc1Br. The molecule has 0 aromatic heterocycles. The van der Waals surface area contributed by atoms with Crippen LogP contribution in [0.2, 0.25) is 0 Å². The van der Waals surface area contributed by atoms with Gasteiger partial charge in [0.05, 0.1) is 0 Å². The Morgan fingerprint density at radius 2 is 1.89 bits per heavy atom. The van der Waals surface area contributed by atoms with Crippen molar-refractivity contribution in [3.8, 4) is 5.75 Å². The van der Waals surface area contributed by atoms with E-state index in [9.17, 15) is 0 Å². The van der Waals surface area contributed by atoms with Gasteiger partial charge in [-0.25, -0.2) is 0 Å². The molecule has 0 bridgehead atoms. The zero-order valence-electron chi connectivity index (χ0n) is 11.0. The van der Waals surface area contributed by atoms with Gasteiger partial charge in [-0.1, -0.05) is 52.3 Å². The van der Waals surface area contributed by atoms with Gasteiger partial charge in [-0.15, -0.1) is 0 Å². The van der Waals surface area contributed by atoms with Gasteiger partial charge in [0, 0.05) is 4.47 Å². The Hall–Kier alpha value is -1.28. The van der Waals surface area contributed by atoms with E-state index in [2.05, 4.69) is 47.1 Å². The maximum Gasteiger partial charge on any atom is 0.124 e. The van der Waals surface area contributed by atoms with Gasteiger partial charge in [0.1, 0.15) is 12.4 Å². The minimum absolute atomic E-state index is 0.635. The lowest BCUT2D eigenvalue weighted by molar-refractivity contribution is 0.302. The molecule has 0 spiro atoms. The summed E-state index contributed by atoms with van der Waals surface area (Å²) < 4.78 is 7.16. The Kier molecular flexibility index (Phi) is 3.61. The molecule has 2 aromatic carbocycles. The second-order valence-electron chi connectivity index (χ2n) is 5.19. The van der Waals surface area contributed by atoms with Crippen molar-refractivity contribution in [1.82, 2.24) is 0 Å². The van der Waals surface area contributed by atoms with Crippen molar-refractivity contribution in [2.45, 2.75) is 32.3 Å². The molecule has 1 aliphatic rings. The molecule has 1 aliphatic carbocycles. The van der Waals surface area contributed by atoms with Crippen molar-refractivity contribution in [3.05, 3.63) is 63.6 Å². The lowest BCUT2D eigenvalue weighted by Crippen LogP contribution is -1.99. The fourth-order valence-corrected chi connectivity index (χ4v) is 2.58. The monoisotopic (exact) mass is 316 g/mol. The molecule has 2 heteroatoms. The predicted molar refractivity (Wildman–Crippen MR) is 81.6 cm³/mol. The van der Waals surface area contributed by atoms with Crippen molar-refractivity contribution in [1.29, 1.82) is 0 Å². The number of hydrogen-bond donors (Lipinski definition) is 0. The van der Waals surface area contributed by atoms with Gasteiger partial charge in [-0.3, -0.25) is 0 Å². The molecule has 19 heavy (non-hydrogen) atoms. The number of benzene rings is 2. The van der Waals surface area contributed by atoms with Crippen LogP contribution in [0.15, 0.2) is 46.9 Å². The molecule has 1 nitrogen and oxygen atoms in total. The highest BCUT2D eigenvalue weighted by molar-refractivity contribution is 9.10. The molecule has 0 N–H and O–H groups in total. The Bertz CT molecular complexity index is 573. The van der Waals surface area contributed by atoms with Crippen LogP contribution in [0.3, 0.4) is 0 Å². The quantitative estimate of drug-likeness (QED) is 0.752. The molecule has 0 heterocycles. The van der Waals surface area contributed by atoms with E-state index in [0.717, 1.165) is 10.2 Å². The molecular weight excluding hydrogens is 300 g/mol. The van der Waals surface area contributed by atoms with Crippen molar-refractivity contribution in [2.24, 2.45) is 0 Å². The lowest BCUT2D eigenvalue weighted by atomic mass is 10.1. The van der Waals surface area contributed by atoms with Crippen LogP contribution in [0, 0.1) is 6.92 Å². The maximum atomic E-state index is 6.03. The summed E-state index contributed by atoms with van der Waals surface area (Å²) in [4.78, 5) is 0. The summed E-state index contributed by atoms with van der Waals surface area (Å²) in [7, 11) is 0. The van der Waals surface area contributed by atoms with E-state index in [0.29, 0.717) is 12.5 Å². The topological polar surface area (TPSA) is 9.23 Å². The summed E-state index contributed by atoms with van der Waals surface area (Å²) in [5.74, 6) is 1.74. The van der Waals surface area contributed by atoms with Crippen molar-refractivity contribution in [2.75, 3.05) is 0 Å². The van der Waals surface area contributed by atoms with Crippen LogP contribution in [0.1, 0.15) is 35.4 Å². The first-order chi connectivity index (χ1) is 9.24. The summed E-state index contributed by atoms with van der Waals surface area (Å²) in [5, 5.41) is 0. The third-order valence-electron chi connectivity index (χ3n) is 3.55. The number of ether oxygens (including phenoxy) is 1. The Morgan fingerprint density at radius 1 is 1.16 bits per heavy atom. The fraction of sp³-hybridized carbons (Fsp3) is 0.294. The number of rotatable bonds is 4. The maximum absolute atomic E-state index is 6.03. The van der Waals surface area contributed by atoms with Gasteiger partial charge in [0.15, 0.2) is 0 Å². The Labute approximate surface area is 122 Å². The largest absolute Gasteiger partial charge is 0.489 e. The molecule has 0 radical (unpaired) electrons. The van der Waals surface area contributed by atoms with Crippen molar-refractivity contribution >= 4 is 15.9 Å². The third kappa shape index (κ3) is 3.01. The summed E-state index contributed by atoms with van der Waals surface area (Å²) in [6.07, 6.45) is 2.59. The zero-order chi connectivity index (χ0) is 13.2. The lowest BCUT2D eigenvalue weighted by Gasteiger charge is -2.13. The molecule has 0 atom stereocenters. The predicted octanol–water partition coefficient (Wildman–Crippen LogP) is 5.21. The number of aryl methyl sites for hydroxylation is 1. The molecule has 0 aliphatic heterocycles. The molecular formula is C17H17BrO.